The van der Waals surface area contributed by atoms with Crippen molar-refractivity contribution in [3.63, 3.8) is 0 Å². The Labute approximate surface area is 79.8 Å². The monoisotopic (exact) mass is 195 g/mol. The van der Waals surface area contributed by atoms with Crippen LogP contribution in [0.3, 0.4) is 0 Å². The van der Waals surface area contributed by atoms with Gasteiger partial charge in [0.25, 0.3) is 0 Å². The summed E-state index contributed by atoms with van der Waals surface area (Å²) in [7, 11) is 1.44. The average molecular weight is 195 g/mol. The summed E-state index contributed by atoms with van der Waals surface area (Å²) in [5.74, 6) is -0.0819. The van der Waals surface area contributed by atoms with Crippen LogP contribution in [0.5, 0.6) is 0 Å². The fraction of sp³-hybridized carbons (Fsp3) is 0.889. The van der Waals surface area contributed by atoms with Crippen molar-refractivity contribution < 1.29 is 14.2 Å². The summed E-state index contributed by atoms with van der Waals surface area (Å²) in [6, 6.07) is 0. The maximum Gasteiger partial charge on any atom is 0.305 e. The van der Waals surface area contributed by atoms with Crippen LogP contribution in [0.2, 0.25) is 0 Å². The van der Waals surface area contributed by atoms with Crippen LogP contribution in [-0.2, 0) is 9.53 Å². The minimum Gasteiger partial charge on any atom is -0.469 e. The van der Waals surface area contributed by atoms with Crippen molar-refractivity contribution in [1.29, 1.82) is 0 Å². The summed E-state index contributed by atoms with van der Waals surface area (Å²) in [5.41, 5.74) is 0. The van der Waals surface area contributed by atoms with Crippen LogP contribution in [0.4, 0.5) is 4.70 Å². The number of carbonyl (C=O) groups is 1. The molecule has 0 aromatic carbocycles. The highest BCUT2D eigenvalue weighted by Crippen LogP contribution is 2.04. The van der Waals surface area contributed by atoms with Crippen LogP contribution in [0, 0.1) is 0 Å². The summed E-state index contributed by atoms with van der Waals surface area (Å²) in [5, 5.41) is 0. The third kappa shape index (κ3) is 14.2. The summed E-state index contributed by atoms with van der Waals surface area (Å²) in [6.07, 6.45) is 6.49. The number of rotatable bonds is 6. The molecule has 0 fully saturated rings. The van der Waals surface area contributed by atoms with E-state index in [1.165, 1.54) is 26.4 Å². The topological polar surface area (TPSA) is 61.3 Å². The number of carbonyl (C=O) groups excluding carboxylic acids is 1. The van der Waals surface area contributed by atoms with Gasteiger partial charge in [0.15, 0.2) is 0 Å². The van der Waals surface area contributed by atoms with Gasteiger partial charge in [0, 0.05) is 6.42 Å². The molecule has 0 aliphatic heterocycles. The number of halogens is 1. The molecule has 0 aliphatic carbocycles. The van der Waals surface area contributed by atoms with Crippen LogP contribution in [0.25, 0.3) is 0 Å². The normalized spacial score (nSPS) is 8.15. The summed E-state index contributed by atoms with van der Waals surface area (Å²) in [4.78, 5) is 10.6. The molecule has 0 radical (unpaired) electrons. The molecule has 3 nitrogen and oxygen atoms in total. The lowest BCUT2D eigenvalue weighted by atomic mass is 10.1. The first-order valence-corrected chi connectivity index (χ1v) is 4.38. The van der Waals surface area contributed by atoms with E-state index in [9.17, 15) is 4.79 Å². The maximum absolute atomic E-state index is 10.6. The molecule has 0 bridgehead atoms. The Balaban J connectivity index is -0.000000500. The summed E-state index contributed by atoms with van der Waals surface area (Å²) >= 11 is 0. The van der Waals surface area contributed by atoms with E-state index in [0.29, 0.717) is 6.42 Å². The van der Waals surface area contributed by atoms with Gasteiger partial charge in [-0.25, -0.2) is 0 Å². The van der Waals surface area contributed by atoms with Crippen LogP contribution < -0.4 is 6.15 Å². The standard InChI is InChI=1S/C9H18O2.FH.H3N/c1-3-4-5-6-7-8-9(10)11-2;;/h3-8H2,1-2H3;1H;1H3. The predicted octanol–water partition coefficient (Wildman–Crippen LogP) is 2.83. The first kappa shape index (κ1) is 18.2. The zero-order valence-electron chi connectivity index (χ0n) is 8.67. The van der Waals surface area contributed by atoms with Crippen molar-refractivity contribution in [1.82, 2.24) is 6.15 Å². The van der Waals surface area contributed by atoms with Crippen molar-refractivity contribution in [2.75, 3.05) is 7.11 Å². The van der Waals surface area contributed by atoms with Gasteiger partial charge < -0.3 is 10.9 Å². The van der Waals surface area contributed by atoms with E-state index in [0.717, 1.165) is 12.8 Å². The number of unbranched alkanes of at least 4 members (excludes halogenated alkanes) is 4. The quantitative estimate of drug-likeness (QED) is 0.523. The molecule has 0 spiro atoms. The molecule has 13 heavy (non-hydrogen) atoms. The molecule has 0 aromatic heterocycles. The third-order valence-electron chi connectivity index (χ3n) is 1.71. The fourth-order valence-electron chi connectivity index (χ4n) is 0.975. The Kier molecular flexibility index (Phi) is 19.5. The van der Waals surface area contributed by atoms with Gasteiger partial charge in [-0.2, -0.15) is 0 Å². The number of hydrogen-bond donors (Lipinski definition) is 1. The lowest BCUT2D eigenvalue weighted by Crippen LogP contribution is -1.98. The third-order valence-corrected chi connectivity index (χ3v) is 1.71. The van der Waals surface area contributed by atoms with Gasteiger partial charge in [-0.3, -0.25) is 9.50 Å². The van der Waals surface area contributed by atoms with Gasteiger partial charge in [-0.1, -0.05) is 32.6 Å². The van der Waals surface area contributed by atoms with Gasteiger partial charge >= 0.3 is 5.97 Å². The zero-order chi connectivity index (χ0) is 8.53. The summed E-state index contributed by atoms with van der Waals surface area (Å²) < 4.78 is 4.52. The molecule has 0 heterocycles. The molecule has 0 saturated heterocycles. The molecular formula is C9H22FNO2. The van der Waals surface area contributed by atoms with E-state index >= 15 is 0 Å². The van der Waals surface area contributed by atoms with E-state index in [1.807, 2.05) is 0 Å². The molecular weight excluding hydrogens is 173 g/mol. The summed E-state index contributed by atoms with van der Waals surface area (Å²) in [6.45, 7) is 2.18. The van der Waals surface area contributed by atoms with E-state index < -0.39 is 0 Å². The maximum atomic E-state index is 10.6. The second kappa shape index (κ2) is 13.9. The second-order valence-electron chi connectivity index (χ2n) is 2.74. The number of methoxy groups -OCH3 is 1. The average Bonchev–Trinajstić information content (AvgIpc) is 2.04. The Bertz CT molecular complexity index is 110. The van der Waals surface area contributed by atoms with Crippen molar-refractivity contribution in [3.05, 3.63) is 0 Å². The minimum atomic E-state index is -0.0819. The van der Waals surface area contributed by atoms with Gasteiger partial charge in [0.2, 0.25) is 0 Å². The fourth-order valence-corrected chi connectivity index (χ4v) is 0.975. The highest BCUT2D eigenvalue weighted by atomic mass is 19.0. The van der Waals surface area contributed by atoms with E-state index in [4.69, 9.17) is 0 Å². The van der Waals surface area contributed by atoms with Gasteiger partial charge in [-0.15, -0.1) is 0 Å². The molecule has 0 atom stereocenters. The first-order valence-electron chi connectivity index (χ1n) is 4.38. The van der Waals surface area contributed by atoms with E-state index in [1.54, 1.807) is 0 Å². The minimum absolute atomic E-state index is 0. The number of esters is 1. The molecule has 0 aliphatic rings. The molecule has 0 unspecified atom stereocenters. The number of ether oxygens (including phenoxy) is 1. The lowest BCUT2D eigenvalue weighted by Gasteiger charge is -1.98. The Morgan fingerprint density at radius 1 is 1.15 bits per heavy atom. The molecule has 0 aromatic rings. The van der Waals surface area contributed by atoms with Crippen molar-refractivity contribution in [2.24, 2.45) is 0 Å². The number of hydrogen-bond acceptors (Lipinski definition) is 3. The van der Waals surface area contributed by atoms with Crippen LogP contribution in [-0.4, -0.2) is 13.1 Å². The molecule has 4 heteroatoms. The van der Waals surface area contributed by atoms with Gasteiger partial charge in [0.1, 0.15) is 0 Å². The van der Waals surface area contributed by atoms with Gasteiger partial charge in [-0.05, 0) is 6.42 Å². The Morgan fingerprint density at radius 2 is 1.69 bits per heavy atom. The van der Waals surface area contributed by atoms with Crippen LogP contribution >= 0.6 is 0 Å². The van der Waals surface area contributed by atoms with Crippen molar-refractivity contribution in [2.45, 2.75) is 45.4 Å². The highest BCUT2D eigenvalue weighted by molar-refractivity contribution is 5.68. The lowest BCUT2D eigenvalue weighted by molar-refractivity contribution is -0.140. The highest BCUT2D eigenvalue weighted by Gasteiger charge is 1.97. The molecule has 82 valence electrons. The second-order valence-corrected chi connectivity index (χ2v) is 2.74. The molecule has 0 rings (SSSR count). The molecule has 0 amide bonds. The van der Waals surface area contributed by atoms with Crippen molar-refractivity contribution >= 4 is 5.97 Å². The van der Waals surface area contributed by atoms with Crippen LogP contribution in [0.1, 0.15) is 45.4 Å². The van der Waals surface area contributed by atoms with Crippen LogP contribution in [0.15, 0.2) is 0 Å². The Hall–Kier alpha value is -0.640. The van der Waals surface area contributed by atoms with E-state index in [2.05, 4.69) is 11.7 Å². The largest absolute Gasteiger partial charge is 0.469 e. The molecule has 3 N–H and O–H groups in total. The smallest absolute Gasteiger partial charge is 0.305 e. The first-order chi connectivity index (χ1) is 5.31. The Morgan fingerprint density at radius 3 is 2.15 bits per heavy atom. The van der Waals surface area contributed by atoms with Gasteiger partial charge in [0.05, 0.1) is 7.11 Å². The molecule has 0 saturated carbocycles. The predicted molar refractivity (Wildman–Crippen MR) is 52.9 cm³/mol. The zero-order valence-corrected chi connectivity index (χ0v) is 8.67. The SMILES string of the molecule is CCCCCCCC(=O)OC.F.N. The van der Waals surface area contributed by atoms with Crippen molar-refractivity contribution in [3.8, 4) is 0 Å². The van der Waals surface area contributed by atoms with E-state index in [-0.39, 0.29) is 16.8 Å².